The van der Waals surface area contributed by atoms with E-state index in [-0.39, 0.29) is 0 Å². The standard InChI is InChI=1S/C10H14N4/c1-3-7-13(2)9-5-8-14-10(12-9)4-6-11-14/h4-6,8H,3,7H2,1-2H3. The van der Waals surface area contributed by atoms with Crippen molar-refractivity contribution in [2.75, 3.05) is 18.5 Å². The van der Waals surface area contributed by atoms with Gasteiger partial charge in [-0.2, -0.15) is 5.10 Å². The second-order valence-electron chi connectivity index (χ2n) is 3.34. The van der Waals surface area contributed by atoms with Crippen molar-refractivity contribution in [3.63, 3.8) is 0 Å². The van der Waals surface area contributed by atoms with Gasteiger partial charge in [0.2, 0.25) is 0 Å². The van der Waals surface area contributed by atoms with Crippen LogP contribution in [0.15, 0.2) is 24.5 Å². The number of nitrogens with zero attached hydrogens (tertiary/aromatic N) is 4. The van der Waals surface area contributed by atoms with Crippen molar-refractivity contribution in [3.8, 4) is 0 Å². The molecule has 2 heterocycles. The fourth-order valence-electron chi connectivity index (χ4n) is 1.47. The molecule has 0 radical (unpaired) electrons. The normalized spacial score (nSPS) is 10.7. The smallest absolute Gasteiger partial charge is 0.157 e. The molecule has 0 unspecified atom stereocenters. The minimum Gasteiger partial charge on any atom is -0.360 e. The van der Waals surface area contributed by atoms with Crippen LogP contribution >= 0.6 is 0 Å². The van der Waals surface area contributed by atoms with Crippen molar-refractivity contribution < 1.29 is 0 Å². The second kappa shape index (κ2) is 3.65. The zero-order valence-corrected chi connectivity index (χ0v) is 8.51. The van der Waals surface area contributed by atoms with Gasteiger partial charge < -0.3 is 4.90 Å². The van der Waals surface area contributed by atoms with E-state index < -0.39 is 0 Å². The monoisotopic (exact) mass is 190 g/mol. The van der Waals surface area contributed by atoms with E-state index in [1.54, 1.807) is 10.7 Å². The molecule has 0 amide bonds. The summed E-state index contributed by atoms with van der Waals surface area (Å²) in [6.45, 7) is 3.19. The molecule has 0 aromatic carbocycles. The Hall–Kier alpha value is -1.58. The number of hydrogen-bond acceptors (Lipinski definition) is 3. The Morgan fingerprint density at radius 3 is 3.07 bits per heavy atom. The first-order chi connectivity index (χ1) is 6.81. The molecule has 0 aliphatic rings. The lowest BCUT2D eigenvalue weighted by Crippen LogP contribution is -2.19. The van der Waals surface area contributed by atoms with E-state index in [2.05, 4.69) is 29.0 Å². The number of fused-ring (bicyclic) bond motifs is 1. The van der Waals surface area contributed by atoms with Crippen LogP contribution in [-0.4, -0.2) is 28.2 Å². The van der Waals surface area contributed by atoms with Crippen LogP contribution < -0.4 is 4.90 Å². The van der Waals surface area contributed by atoms with E-state index in [1.165, 1.54) is 0 Å². The van der Waals surface area contributed by atoms with Crippen molar-refractivity contribution in [1.29, 1.82) is 0 Å². The first-order valence-electron chi connectivity index (χ1n) is 4.83. The summed E-state index contributed by atoms with van der Waals surface area (Å²) in [7, 11) is 2.05. The molecule has 14 heavy (non-hydrogen) atoms. The maximum atomic E-state index is 4.48. The van der Waals surface area contributed by atoms with Gasteiger partial charge in [-0.15, -0.1) is 0 Å². The molecule has 2 aromatic heterocycles. The van der Waals surface area contributed by atoms with Crippen molar-refractivity contribution in [1.82, 2.24) is 14.6 Å². The fourth-order valence-corrected chi connectivity index (χ4v) is 1.47. The number of rotatable bonds is 3. The Labute approximate surface area is 83.2 Å². The quantitative estimate of drug-likeness (QED) is 0.736. The predicted molar refractivity (Wildman–Crippen MR) is 56.5 cm³/mol. The van der Waals surface area contributed by atoms with E-state index >= 15 is 0 Å². The molecule has 74 valence electrons. The molecule has 0 aliphatic heterocycles. The highest BCUT2D eigenvalue weighted by Gasteiger charge is 2.02. The first kappa shape index (κ1) is 8.99. The van der Waals surface area contributed by atoms with Gasteiger partial charge in [-0.25, -0.2) is 9.50 Å². The molecule has 0 atom stereocenters. The molecule has 0 saturated heterocycles. The van der Waals surface area contributed by atoms with Crippen molar-refractivity contribution in [2.24, 2.45) is 0 Å². The summed E-state index contributed by atoms with van der Waals surface area (Å²) >= 11 is 0. The Balaban J connectivity index is 2.33. The van der Waals surface area contributed by atoms with Gasteiger partial charge in [0.15, 0.2) is 5.65 Å². The third kappa shape index (κ3) is 1.55. The van der Waals surface area contributed by atoms with Crippen molar-refractivity contribution in [3.05, 3.63) is 24.5 Å². The van der Waals surface area contributed by atoms with E-state index in [0.717, 1.165) is 24.4 Å². The average molecular weight is 190 g/mol. The fraction of sp³-hybridized carbons (Fsp3) is 0.400. The van der Waals surface area contributed by atoms with E-state index in [4.69, 9.17) is 0 Å². The zero-order chi connectivity index (χ0) is 9.97. The molecule has 0 bridgehead atoms. The maximum Gasteiger partial charge on any atom is 0.157 e. The van der Waals surface area contributed by atoms with Crippen LogP contribution in [0.25, 0.3) is 5.65 Å². The van der Waals surface area contributed by atoms with Crippen LogP contribution in [-0.2, 0) is 0 Å². The predicted octanol–water partition coefficient (Wildman–Crippen LogP) is 1.58. The molecular formula is C10H14N4. The summed E-state index contributed by atoms with van der Waals surface area (Å²) < 4.78 is 1.77. The molecule has 2 aromatic rings. The van der Waals surface area contributed by atoms with Crippen LogP contribution in [0.3, 0.4) is 0 Å². The van der Waals surface area contributed by atoms with Gasteiger partial charge in [-0.05, 0) is 12.5 Å². The highest BCUT2D eigenvalue weighted by molar-refractivity contribution is 5.46. The zero-order valence-electron chi connectivity index (χ0n) is 8.51. The van der Waals surface area contributed by atoms with Gasteiger partial charge in [0.25, 0.3) is 0 Å². The lowest BCUT2D eigenvalue weighted by molar-refractivity contribution is 0.831. The molecule has 4 heteroatoms. The summed E-state index contributed by atoms with van der Waals surface area (Å²) in [4.78, 5) is 6.63. The molecule has 0 fully saturated rings. The molecular weight excluding hydrogens is 176 g/mol. The van der Waals surface area contributed by atoms with Crippen LogP contribution in [0.4, 0.5) is 5.82 Å². The Morgan fingerprint density at radius 1 is 1.43 bits per heavy atom. The van der Waals surface area contributed by atoms with Crippen LogP contribution in [0.2, 0.25) is 0 Å². The minimum absolute atomic E-state index is 0.894. The van der Waals surface area contributed by atoms with E-state index in [0.29, 0.717) is 0 Å². The number of anilines is 1. The van der Waals surface area contributed by atoms with Gasteiger partial charge in [0.05, 0.1) is 6.20 Å². The van der Waals surface area contributed by atoms with Gasteiger partial charge >= 0.3 is 0 Å². The van der Waals surface area contributed by atoms with Crippen molar-refractivity contribution in [2.45, 2.75) is 13.3 Å². The van der Waals surface area contributed by atoms with Crippen LogP contribution in [0.1, 0.15) is 13.3 Å². The third-order valence-corrected chi connectivity index (χ3v) is 2.19. The Morgan fingerprint density at radius 2 is 2.29 bits per heavy atom. The Kier molecular flexibility index (Phi) is 2.35. The SMILES string of the molecule is CCCN(C)c1ccn2nccc2n1. The summed E-state index contributed by atoms with van der Waals surface area (Å²) in [5, 5.41) is 4.10. The molecule has 4 nitrogen and oxygen atoms in total. The maximum absolute atomic E-state index is 4.48. The first-order valence-corrected chi connectivity index (χ1v) is 4.83. The minimum atomic E-state index is 0.894. The lowest BCUT2D eigenvalue weighted by atomic mass is 10.4. The summed E-state index contributed by atoms with van der Waals surface area (Å²) in [6.07, 6.45) is 4.82. The van der Waals surface area contributed by atoms with Gasteiger partial charge in [0, 0.05) is 25.9 Å². The Bertz CT molecular complexity index is 421. The highest BCUT2D eigenvalue weighted by Crippen LogP contribution is 2.10. The second-order valence-corrected chi connectivity index (χ2v) is 3.34. The van der Waals surface area contributed by atoms with Gasteiger partial charge in [-0.3, -0.25) is 0 Å². The third-order valence-electron chi connectivity index (χ3n) is 2.19. The van der Waals surface area contributed by atoms with E-state index in [1.807, 2.05) is 18.3 Å². The lowest BCUT2D eigenvalue weighted by Gasteiger charge is -2.16. The largest absolute Gasteiger partial charge is 0.360 e. The average Bonchev–Trinajstić information content (AvgIpc) is 2.64. The summed E-state index contributed by atoms with van der Waals surface area (Å²) in [5.74, 6) is 1.000. The van der Waals surface area contributed by atoms with E-state index in [9.17, 15) is 0 Å². The summed E-state index contributed by atoms with van der Waals surface area (Å²) in [5.41, 5.74) is 0.894. The molecule has 0 N–H and O–H groups in total. The van der Waals surface area contributed by atoms with Crippen LogP contribution in [0, 0.1) is 0 Å². The molecule has 2 rings (SSSR count). The molecule has 0 spiro atoms. The summed E-state index contributed by atoms with van der Waals surface area (Å²) in [6, 6.07) is 3.89. The van der Waals surface area contributed by atoms with Crippen molar-refractivity contribution >= 4 is 11.5 Å². The van der Waals surface area contributed by atoms with Gasteiger partial charge in [-0.1, -0.05) is 6.92 Å². The molecule has 0 saturated carbocycles. The molecule has 0 aliphatic carbocycles. The number of hydrogen-bond donors (Lipinski definition) is 0. The van der Waals surface area contributed by atoms with Crippen LogP contribution in [0.5, 0.6) is 0 Å². The topological polar surface area (TPSA) is 33.4 Å². The number of aromatic nitrogens is 3. The van der Waals surface area contributed by atoms with Gasteiger partial charge in [0.1, 0.15) is 5.82 Å². The highest BCUT2D eigenvalue weighted by atomic mass is 15.3.